The fourth-order valence-electron chi connectivity index (χ4n) is 1.71. The van der Waals surface area contributed by atoms with Crippen LogP contribution < -0.4 is 4.90 Å². The molecule has 0 aromatic heterocycles. The van der Waals surface area contributed by atoms with E-state index in [1.165, 1.54) is 6.26 Å². The van der Waals surface area contributed by atoms with Crippen molar-refractivity contribution in [2.45, 2.75) is 9.79 Å². The van der Waals surface area contributed by atoms with Crippen LogP contribution in [0.3, 0.4) is 0 Å². The molecule has 0 amide bonds. The summed E-state index contributed by atoms with van der Waals surface area (Å²) in [6, 6.07) is 5.30. The zero-order chi connectivity index (χ0) is 12.5. The van der Waals surface area contributed by atoms with Crippen LogP contribution in [0.25, 0.3) is 0 Å². The van der Waals surface area contributed by atoms with Crippen molar-refractivity contribution in [2.75, 3.05) is 37.3 Å². The molecule has 1 aliphatic heterocycles. The number of hydrogen-bond acceptors (Lipinski definition) is 5. The molecular formula is C11H15NO3S2. The second-order valence-electron chi connectivity index (χ2n) is 3.93. The van der Waals surface area contributed by atoms with Crippen LogP contribution in [-0.2, 0) is 14.6 Å². The predicted octanol–water partition coefficient (Wildman–Crippen LogP) is 1.61. The predicted molar refractivity (Wildman–Crippen MR) is 69.5 cm³/mol. The lowest BCUT2D eigenvalue weighted by atomic mass is 10.3. The maximum absolute atomic E-state index is 11.4. The van der Waals surface area contributed by atoms with Crippen LogP contribution >= 0.6 is 11.8 Å². The zero-order valence-electron chi connectivity index (χ0n) is 9.84. The Balaban J connectivity index is 2.26. The van der Waals surface area contributed by atoms with Crippen molar-refractivity contribution in [3.05, 3.63) is 18.2 Å². The standard InChI is InChI=1S/C11H15NO3S2/c1-15-6-5-12-8-16-11-7-9(17(2,13)14)3-4-10(11)12/h3-4,7H,5-6,8H2,1-2H3. The van der Waals surface area contributed by atoms with Gasteiger partial charge in [-0.05, 0) is 18.2 Å². The van der Waals surface area contributed by atoms with Gasteiger partial charge in [0.25, 0.3) is 0 Å². The highest BCUT2D eigenvalue weighted by molar-refractivity contribution is 8.00. The molecule has 1 aromatic carbocycles. The molecule has 4 nitrogen and oxygen atoms in total. The highest BCUT2D eigenvalue weighted by Gasteiger charge is 2.21. The first-order valence-corrected chi connectivity index (χ1v) is 8.11. The van der Waals surface area contributed by atoms with Gasteiger partial charge in [0.05, 0.1) is 23.1 Å². The number of benzene rings is 1. The van der Waals surface area contributed by atoms with Crippen molar-refractivity contribution in [1.29, 1.82) is 0 Å². The third-order valence-electron chi connectivity index (χ3n) is 2.64. The molecule has 1 aliphatic rings. The van der Waals surface area contributed by atoms with E-state index in [1.54, 1.807) is 31.0 Å². The third-order valence-corrected chi connectivity index (χ3v) is 4.83. The Labute approximate surface area is 106 Å². The largest absolute Gasteiger partial charge is 0.383 e. The molecule has 0 atom stereocenters. The first kappa shape index (κ1) is 12.7. The molecule has 0 saturated carbocycles. The van der Waals surface area contributed by atoms with E-state index in [0.29, 0.717) is 11.5 Å². The Morgan fingerprint density at radius 2 is 2.24 bits per heavy atom. The van der Waals surface area contributed by atoms with E-state index >= 15 is 0 Å². The van der Waals surface area contributed by atoms with Crippen LogP contribution in [0.1, 0.15) is 0 Å². The molecule has 0 N–H and O–H groups in total. The Morgan fingerprint density at radius 3 is 2.88 bits per heavy atom. The first-order valence-electron chi connectivity index (χ1n) is 5.23. The molecule has 0 aliphatic carbocycles. The van der Waals surface area contributed by atoms with Crippen LogP contribution in [0.4, 0.5) is 5.69 Å². The van der Waals surface area contributed by atoms with Gasteiger partial charge in [-0.3, -0.25) is 0 Å². The number of thioether (sulfide) groups is 1. The second-order valence-corrected chi connectivity index (χ2v) is 6.93. The number of hydrogen-bond donors (Lipinski definition) is 0. The summed E-state index contributed by atoms with van der Waals surface area (Å²) in [5.41, 5.74) is 1.10. The lowest BCUT2D eigenvalue weighted by molar-refractivity contribution is 0.206. The summed E-state index contributed by atoms with van der Waals surface area (Å²) >= 11 is 1.66. The Bertz CT molecular complexity index is 513. The van der Waals surface area contributed by atoms with Crippen LogP contribution in [0.15, 0.2) is 28.0 Å². The normalized spacial score (nSPS) is 15.1. The lowest BCUT2D eigenvalue weighted by Crippen LogP contribution is -2.23. The number of fused-ring (bicyclic) bond motifs is 1. The van der Waals surface area contributed by atoms with Gasteiger partial charge in [0.1, 0.15) is 0 Å². The Morgan fingerprint density at radius 1 is 1.47 bits per heavy atom. The molecule has 0 saturated heterocycles. The quantitative estimate of drug-likeness (QED) is 0.834. The van der Waals surface area contributed by atoms with Gasteiger partial charge in [-0.2, -0.15) is 0 Å². The monoisotopic (exact) mass is 273 g/mol. The molecule has 17 heavy (non-hydrogen) atoms. The summed E-state index contributed by atoms with van der Waals surface area (Å²) in [5.74, 6) is 0.853. The van der Waals surface area contributed by atoms with E-state index in [4.69, 9.17) is 4.74 Å². The molecule has 0 unspecified atom stereocenters. The lowest BCUT2D eigenvalue weighted by Gasteiger charge is -2.17. The molecule has 1 heterocycles. The minimum atomic E-state index is -3.12. The molecule has 94 valence electrons. The van der Waals surface area contributed by atoms with E-state index in [0.717, 1.165) is 23.0 Å². The molecule has 0 fully saturated rings. The summed E-state index contributed by atoms with van der Waals surface area (Å²) in [6.07, 6.45) is 1.23. The van der Waals surface area contributed by atoms with Gasteiger partial charge in [0, 0.05) is 24.8 Å². The molecule has 6 heteroatoms. The van der Waals surface area contributed by atoms with Crippen molar-refractivity contribution in [2.24, 2.45) is 0 Å². The fraction of sp³-hybridized carbons (Fsp3) is 0.455. The van der Waals surface area contributed by atoms with Gasteiger partial charge in [-0.15, -0.1) is 11.8 Å². The average molecular weight is 273 g/mol. The summed E-state index contributed by atoms with van der Waals surface area (Å²) in [5, 5.41) is 0. The number of methoxy groups -OCH3 is 1. The number of nitrogens with zero attached hydrogens (tertiary/aromatic N) is 1. The minimum Gasteiger partial charge on any atom is -0.383 e. The maximum Gasteiger partial charge on any atom is 0.175 e. The van der Waals surface area contributed by atoms with Crippen molar-refractivity contribution < 1.29 is 13.2 Å². The average Bonchev–Trinajstić information content (AvgIpc) is 2.67. The topological polar surface area (TPSA) is 46.6 Å². The van der Waals surface area contributed by atoms with Gasteiger partial charge >= 0.3 is 0 Å². The van der Waals surface area contributed by atoms with Gasteiger partial charge in [0.15, 0.2) is 9.84 Å². The Hall–Kier alpha value is -0.720. The van der Waals surface area contributed by atoms with Crippen molar-refractivity contribution in [3.63, 3.8) is 0 Å². The first-order chi connectivity index (χ1) is 8.02. The van der Waals surface area contributed by atoms with E-state index in [2.05, 4.69) is 4.90 Å². The third kappa shape index (κ3) is 2.75. The van der Waals surface area contributed by atoms with E-state index in [-0.39, 0.29) is 0 Å². The summed E-state index contributed by atoms with van der Waals surface area (Å²) in [7, 11) is -1.44. The molecule has 0 radical (unpaired) electrons. The molecule has 0 bridgehead atoms. The smallest absolute Gasteiger partial charge is 0.175 e. The molecule has 1 aromatic rings. The molecule has 0 spiro atoms. The van der Waals surface area contributed by atoms with Crippen LogP contribution in [0.5, 0.6) is 0 Å². The number of anilines is 1. The molecular weight excluding hydrogens is 258 g/mol. The highest BCUT2D eigenvalue weighted by atomic mass is 32.2. The van der Waals surface area contributed by atoms with Gasteiger partial charge in [-0.25, -0.2) is 8.42 Å². The summed E-state index contributed by atoms with van der Waals surface area (Å²) < 4.78 is 27.9. The van der Waals surface area contributed by atoms with E-state index < -0.39 is 9.84 Å². The number of sulfone groups is 1. The van der Waals surface area contributed by atoms with Crippen molar-refractivity contribution >= 4 is 27.3 Å². The Kier molecular flexibility index (Phi) is 3.65. The summed E-state index contributed by atoms with van der Waals surface area (Å²) in [4.78, 5) is 3.61. The van der Waals surface area contributed by atoms with Gasteiger partial charge < -0.3 is 9.64 Å². The van der Waals surface area contributed by atoms with E-state index in [9.17, 15) is 8.42 Å². The van der Waals surface area contributed by atoms with Gasteiger partial charge in [-0.1, -0.05) is 0 Å². The van der Waals surface area contributed by atoms with Crippen molar-refractivity contribution in [1.82, 2.24) is 0 Å². The highest BCUT2D eigenvalue weighted by Crippen LogP contribution is 2.39. The van der Waals surface area contributed by atoms with E-state index in [1.807, 2.05) is 6.07 Å². The van der Waals surface area contributed by atoms with Crippen LogP contribution in [0, 0.1) is 0 Å². The van der Waals surface area contributed by atoms with Crippen molar-refractivity contribution in [3.8, 4) is 0 Å². The van der Waals surface area contributed by atoms with Crippen LogP contribution in [0.2, 0.25) is 0 Å². The SMILES string of the molecule is COCCN1CSc2cc(S(C)(=O)=O)ccc21. The maximum atomic E-state index is 11.4. The van der Waals surface area contributed by atoms with Crippen LogP contribution in [-0.4, -0.2) is 40.8 Å². The second kappa shape index (κ2) is 4.88. The minimum absolute atomic E-state index is 0.386. The van der Waals surface area contributed by atoms with Gasteiger partial charge in [0.2, 0.25) is 0 Å². The fourth-order valence-corrected chi connectivity index (χ4v) is 3.55. The number of rotatable bonds is 4. The molecule has 2 rings (SSSR count). The number of ether oxygens (including phenoxy) is 1. The zero-order valence-corrected chi connectivity index (χ0v) is 11.5. The summed E-state index contributed by atoms with van der Waals surface area (Å²) in [6.45, 7) is 1.50.